The third kappa shape index (κ3) is 6.35. The van der Waals surface area contributed by atoms with Gasteiger partial charge in [0.05, 0.1) is 0 Å². The zero-order chi connectivity index (χ0) is 8.53. The Labute approximate surface area is 69.2 Å². The Hall–Kier alpha value is -0.0551. The van der Waals surface area contributed by atoms with Crippen LogP contribution in [0.1, 0.15) is 27.2 Å². The summed E-state index contributed by atoms with van der Waals surface area (Å²) in [6.45, 7) is 7.81. The Morgan fingerprint density at radius 1 is 0.909 bits per heavy atom. The summed E-state index contributed by atoms with van der Waals surface area (Å²) < 4.78 is 15.5. The molecule has 0 aliphatic heterocycles. The van der Waals surface area contributed by atoms with Crippen LogP contribution in [0.25, 0.3) is 0 Å². The molecule has 0 aliphatic rings. The van der Waals surface area contributed by atoms with Crippen molar-refractivity contribution in [1.29, 1.82) is 0 Å². The molecule has 0 spiro atoms. The summed E-state index contributed by atoms with van der Waals surface area (Å²) in [5.74, 6) is 0. The van der Waals surface area contributed by atoms with E-state index in [9.17, 15) is 0 Å². The van der Waals surface area contributed by atoms with Crippen LogP contribution in [0, 0.1) is 0 Å². The molecule has 0 bridgehead atoms. The fourth-order valence-corrected chi connectivity index (χ4v) is 0.631. The first kappa shape index (κ1) is 10.9. The molecule has 0 fully saturated rings. The molecule has 0 aliphatic carbocycles. The lowest BCUT2D eigenvalue weighted by Crippen LogP contribution is -2.27. The van der Waals surface area contributed by atoms with Crippen LogP contribution >= 0.6 is 0 Å². The topological polar surface area (TPSA) is 27.7 Å². The highest BCUT2D eigenvalue weighted by Gasteiger charge is 2.18. The average Bonchev–Trinajstić information content (AvgIpc) is 2.01. The summed E-state index contributed by atoms with van der Waals surface area (Å²) >= 11 is 0. The van der Waals surface area contributed by atoms with Gasteiger partial charge >= 0.3 is 7.32 Å². The minimum Gasteiger partial charge on any atom is -0.386 e. The molecule has 0 saturated heterocycles. The highest BCUT2D eigenvalue weighted by molar-refractivity contribution is 6.36. The molecular formula is C7H17BO3. The normalized spacial score (nSPS) is 10.1. The Balaban J connectivity index is 3.34. The predicted octanol–water partition coefficient (Wildman–Crippen LogP) is 1.47. The van der Waals surface area contributed by atoms with Crippen molar-refractivity contribution < 1.29 is 14.0 Å². The number of hydrogen-bond acceptors (Lipinski definition) is 3. The number of hydrogen-bond donors (Lipinski definition) is 0. The van der Waals surface area contributed by atoms with Crippen LogP contribution in [-0.2, 0) is 14.0 Å². The van der Waals surface area contributed by atoms with Crippen LogP contribution in [0.2, 0.25) is 0 Å². The lowest BCUT2D eigenvalue weighted by Gasteiger charge is -2.10. The lowest BCUT2D eigenvalue weighted by molar-refractivity contribution is 0.102. The Morgan fingerprint density at radius 3 is 1.82 bits per heavy atom. The molecule has 66 valence electrons. The van der Waals surface area contributed by atoms with Crippen LogP contribution < -0.4 is 0 Å². The molecule has 0 radical (unpaired) electrons. The van der Waals surface area contributed by atoms with Gasteiger partial charge in [0.1, 0.15) is 0 Å². The van der Waals surface area contributed by atoms with Gasteiger partial charge in [0, 0.05) is 19.8 Å². The van der Waals surface area contributed by atoms with E-state index in [1.54, 1.807) is 0 Å². The SMILES string of the molecule is CCCOB(OCC)OCC. The van der Waals surface area contributed by atoms with Crippen LogP contribution in [0.3, 0.4) is 0 Å². The summed E-state index contributed by atoms with van der Waals surface area (Å²) in [5.41, 5.74) is 0. The molecule has 0 unspecified atom stereocenters. The van der Waals surface area contributed by atoms with Gasteiger partial charge in [-0.3, -0.25) is 0 Å². The van der Waals surface area contributed by atoms with Gasteiger partial charge in [-0.1, -0.05) is 6.92 Å². The van der Waals surface area contributed by atoms with Crippen molar-refractivity contribution in [2.45, 2.75) is 27.2 Å². The van der Waals surface area contributed by atoms with Crippen molar-refractivity contribution in [1.82, 2.24) is 0 Å². The largest absolute Gasteiger partial charge is 0.639 e. The molecule has 0 amide bonds. The van der Waals surface area contributed by atoms with Crippen LogP contribution in [0.4, 0.5) is 0 Å². The first-order valence-corrected chi connectivity index (χ1v) is 4.19. The molecule has 0 heterocycles. The molecular weight excluding hydrogens is 143 g/mol. The maximum absolute atomic E-state index is 5.23. The predicted molar refractivity (Wildman–Crippen MR) is 45.2 cm³/mol. The summed E-state index contributed by atoms with van der Waals surface area (Å²) in [4.78, 5) is 0. The fourth-order valence-electron chi connectivity index (χ4n) is 0.631. The minimum atomic E-state index is -0.468. The Kier molecular flexibility index (Phi) is 8.01. The second-order valence-electron chi connectivity index (χ2n) is 2.07. The van der Waals surface area contributed by atoms with Crippen LogP contribution in [-0.4, -0.2) is 27.1 Å². The summed E-state index contributed by atoms with van der Waals surface area (Å²) in [5, 5.41) is 0. The number of rotatable bonds is 7. The molecule has 0 rings (SSSR count). The first-order chi connectivity index (χ1) is 5.35. The van der Waals surface area contributed by atoms with Gasteiger partial charge in [-0.05, 0) is 20.3 Å². The van der Waals surface area contributed by atoms with Gasteiger partial charge in [-0.2, -0.15) is 0 Å². The second kappa shape index (κ2) is 8.05. The van der Waals surface area contributed by atoms with Crippen molar-refractivity contribution in [3.8, 4) is 0 Å². The van der Waals surface area contributed by atoms with E-state index in [4.69, 9.17) is 14.0 Å². The van der Waals surface area contributed by atoms with Crippen molar-refractivity contribution in [3.63, 3.8) is 0 Å². The molecule has 0 saturated carbocycles. The summed E-state index contributed by atoms with van der Waals surface area (Å²) in [6, 6.07) is 0. The van der Waals surface area contributed by atoms with E-state index >= 15 is 0 Å². The van der Waals surface area contributed by atoms with Gasteiger partial charge in [-0.25, -0.2) is 0 Å². The Morgan fingerprint density at radius 2 is 1.45 bits per heavy atom. The van der Waals surface area contributed by atoms with Crippen LogP contribution in [0.15, 0.2) is 0 Å². The molecule has 0 N–H and O–H groups in total. The third-order valence-corrected chi connectivity index (χ3v) is 1.06. The quantitative estimate of drug-likeness (QED) is 0.527. The van der Waals surface area contributed by atoms with Crippen LogP contribution in [0.5, 0.6) is 0 Å². The van der Waals surface area contributed by atoms with Gasteiger partial charge in [0.2, 0.25) is 0 Å². The van der Waals surface area contributed by atoms with E-state index in [1.807, 2.05) is 13.8 Å². The molecule has 0 aromatic rings. The summed E-state index contributed by atoms with van der Waals surface area (Å²) in [7, 11) is -0.468. The van der Waals surface area contributed by atoms with Crippen molar-refractivity contribution in [2.24, 2.45) is 0 Å². The average molecular weight is 160 g/mol. The van der Waals surface area contributed by atoms with Crippen molar-refractivity contribution >= 4 is 7.32 Å². The van der Waals surface area contributed by atoms with E-state index in [0.717, 1.165) is 6.42 Å². The zero-order valence-corrected chi connectivity index (χ0v) is 7.63. The van der Waals surface area contributed by atoms with E-state index in [0.29, 0.717) is 19.8 Å². The van der Waals surface area contributed by atoms with Gasteiger partial charge in [0.15, 0.2) is 0 Å². The maximum atomic E-state index is 5.23. The van der Waals surface area contributed by atoms with E-state index in [1.165, 1.54) is 0 Å². The maximum Gasteiger partial charge on any atom is 0.639 e. The molecule has 11 heavy (non-hydrogen) atoms. The third-order valence-electron chi connectivity index (χ3n) is 1.06. The second-order valence-corrected chi connectivity index (χ2v) is 2.07. The molecule has 0 aromatic carbocycles. The smallest absolute Gasteiger partial charge is 0.386 e. The minimum absolute atomic E-state index is 0.468. The Bertz CT molecular complexity index is 74.1. The molecule has 3 nitrogen and oxygen atoms in total. The molecule has 0 atom stereocenters. The monoisotopic (exact) mass is 160 g/mol. The lowest BCUT2D eigenvalue weighted by atomic mass is 10.2. The highest BCUT2D eigenvalue weighted by Crippen LogP contribution is 1.93. The van der Waals surface area contributed by atoms with E-state index in [2.05, 4.69) is 6.92 Å². The van der Waals surface area contributed by atoms with Gasteiger partial charge < -0.3 is 14.0 Å². The van der Waals surface area contributed by atoms with Crippen molar-refractivity contribution in [2.75, 3.05) is 19.8 Å². The van der Waals surface area contributed by atoms with Gasteiger partial charge in [-0.15, -0.1) is 0 Å². The molecule has 4 heteroatoms. The van der Waals surface area contributed by atoms with Crippen molar-refractivity contribution in [3.05, 3.63) is 0 Å². The van der Waals surface area contributed by atoms with E-state index in [-0.39, 0.29) is 0 Å². The van der Waals surface area contributed by atoms with E-state index < -0.39 is 7.32 Å². The fraction of sp³-hybridized carbons (Fsp3) is 1.00. The highest BCUT2D eigenvalue weighted by atomic mass is 16.7. The zero-order valence-electron chi connectivity index (χ0n) is 7.63. The standard InChI is InChI=1S/C7H17BO3/c1-4-7-11-8(9-5-2)10-6-3/h4-7H2,1-3H3. The van der Waals surface area contributed by atoms with Gasteiger partial charge in [0.25, 0.3) is 0 Å². The first-order valence-electron chi connectivity index (χ1n) is 4.19. The summed E-state index contributed by atoms with van der Waals surface area (Å²) in [6.07, 6.45) is 0.983. The molecule has 0 aromatic heterocycles.